The summed E-state index contributed by atoms with van der Waals surface area (Å²) in [6, 6.07) is -0.330. The summed E-state index contributed by atoms with van der Waals surface area (Å²) in [6.45, 7) is 6.91. The Balaban J connectivity index is 4.58. The lowest BCUT2D eigenvalue weighted by atomic mass is 10.2. The van der Waals surface area contributed by atoms with E-state index in [1.54, 1.807) is 21.0 Å². The van der Waals surface area contributed by atoms with Gasteiger partial charge in [0.15, 0.2) is 0 Å². The van der Waals surface area contributed by atoms with Crippen molar-refractivity contribution < 1.29 is 14.3 Å². The Labute approximate surface area is 104 Å². The molecule has 100 valence electrons. The van der Waals surface area contributed by atoms with Crippen molar-refractivity contribution in [1.29, 1.82) is 0 Å². The molecule has 0 aromatic heterocycles. The molecule has 0 aliphatic rings. The van der Waals surface area contributed by atoms with E-state index in [0.717, 1.165) is 0 Å². The molecule has 5 nitrogen and oxygen atoms in total. The smallest absolute Gasteiger partial charge is 0.323 e. The van der Waals surface area contributed by atoms with Crippen molar-refractivity contribution in [2.75, 3.05) is 33.8 Å². The highest BCUT2D eigenvalue weighted by atomic mass is 16.5. The highest BCUT2D eigenvalue weighted by Gasteiger charge is 2.26. The minimum absolute atomic E-state index is 0.00500. The Kier molecular flexibility index (Phi) is 7.54. The van der Waals surface area contributed by atoms with Crippen LogP contribution in [0.2, 0.25) is 0 Å². The van der Waals surface area contributed by atoms with Crippen molar-refractivity contribution in [3.63, 3.8) is 0 Å². The first kappa shape index (κ1) is 15.9. The first-order chi connectivity index (χ1) is 7.97. The van der Waals surface area contributed by atoms with E-state index in [1.807, 2.05) is 18.7 Å². The monoisotopic (exact) mass is 244 g/mol. The van der Waals surface area contributed by atoms with Crippen molar-refractivity contribution in [3.05, 3.63) is 0 Å². The average Bonchev–Trinajstić information content (AvgIpc) is 2.28. The second-order valence-corrected chi connectivity index (χ2v) is 4.03. The molecule has 5 heteroatoms. The van der Waals surface area contributed by atoms with Crippen LogP contribution in [-0.4, -0.2) is 61.5 Å². The Morgan fingerprint density at radius 3 is 2.12 bits per heavy atom. The lowest BCUT2D eigenvalue weighted by Gasteiger charge is -2.28. The van der Waals surface area contributed by atoms with Gasteiger partial charge in [-0.05, 0) is 19.9 Å². The molecule has 0 rings (SSSR count). The number of hydrogen-bond donors (Lipinski definition) is 0. The number of esters is 1. The summed E-state index contributed by atoms with van der Waals surface area (Å²) in [5, 5.41) is 0. The molecule has 0 aromatic carbocycles. The predicted octanol–water partition coefficient (Wildman–Crippen LogP) is 0.738. The van der Waals surface area contributed by atoms with Crippen LogP contribution in [0.3, 0.4) is 0 Å². The van der Waals surface area contributed by atoms with Gasteiger partial charge in [-0.25, -0.2) is 0 Å². The number of ether oxygens (including phenoxy) is 1. The summed E-state index contributed by atoms with van der Waals surface area (Å²) in [6.07, 6.45) is 0.646. The molecule has 0 radical (unpaired) electrons. The Hall–Kier alpha value is -1.10. The molecule has 1 unspecified atom stereocenters. The molecule has 17 heavy (non-hydrogen) atoms. The van der Waals surface area contributed by atoms with Gasteiger partial charge in [0.05, 0.1) is 13.2 Å². The Bertz CT molecular complexity index is 254. The SMILES string of the molecule is CCOC(=O)C(CC)N(CC)CC(=O)N(C)C. The fourth-order valence-corrected chi connectivity index (χ4v) is 1.57. The van der Waals surface area contributed by atoms with E-state index in [1.165, 1.54) is 4.90 Å². The molecule has 0 aliphatic carbocycles. The molecule has 0 heterocycles. The molecule has 0 N–H and O–H groups in total. The Morgan fingerprint density at radius 2 is 1.76 bits per heavy atom. The van der Waals surface area contributed by atoms with Gasteiger partial charge in [-0.3, -0.25) is 14.5 Å². The number of carbonyl (C=O) groups is 2. The topological polar surface area (TPSA) is 49.9 Å². The third-order valence-corrected chi connectivity index (χ3v) is 2.63. The van der Waals surface area contributed by atoms with E-state index in [2.05, 4.69) is 0 Å². The molecule has 0 fully saturated rings. The number of amides is 1. The highest BCUT2D eigenvalue weighted by Crippen LogP contribution is 2.07. The quantitative estimate of drug-likeness (QED) is 0.620. The van der Waals surface area contributed by atoms with Crippen LogP contribution in [0.5, 0.6) is 0 Å². The van der Waals surface area contributed by atoms with Gasteiger partial charge in [-0.2, -0.15) is 0 Å². The molecule has 0 spiro atoms. The van der Waals surface area contributed by atoms with Crippen LogP contribution in [0, 0.1) is 0 Å². The van der Waals surface area contributed by atoms with Gasteiger partial charge in [0, 0.05) is 14.1 Å². The normalized spacial score (nSPS) is 12.4. The third-order valence-electron chi connectivity index (χ3n) is 2.63. The first-order valence-electron chi connectivity index (χ1n) is 6.08. The van der Waals surface area contributed by atoms with Crippen molar-refractivity contribution in [3.8, 4) is 0 Å². The van der Waals surface area contributed by atoms with Crippen LogP contribution in [0.4, 0.5) is 0 Å². The summed E-state index contributed by atoms with van der Waals surface area (Å²) < 4.78 is 5.01. The summed E-state index contributed by atoms with van der Waals surface area (Å²) in [5.41, 5.74) is 0. The highest BCUT2D eigenvalue weighted by molar-refractivity contribution is 5.80. The number of carbonyl (C=O) groups excluding carboxylic acids is 2. The zero-order chi connectivity index (χ0) is 13.4. The minimum Gasteiger partial charge on any atom is -0.465 e. The van der Waals surface area contributed by atoms with E-state index in [0.29, 0.717) is 19.6 Å². The van der Waals surface area contributed by atoms with Crippen LogP contribution in [-0.2, 0) is 14.3 Å². The van der Waals surface area contributed by atoms with Crippen LogP contribution in [0.1, 0.15) is 27.2 Å². The first-order valence-corrected chi connectivity index (χ1v) is 6.08. The number of nitrogens with zero attached hydrogens (tertiary/aromatic N) is 2. The fourth-order valence-electron chi connectivity index (χ4n) is 1.57. The second-order valence-electron chi connectivity index (χ2n) is 4.03. The van der Waals surface area contributed by atoms with Gasteiger partial charge >= 0.3 is 5.97 Å². The maximum absolute atomic E-state index is 11.7. The van der Waals surface area contributed by atoms with Crippen molar-refractivity contribution in [1.82, 2.24) is 9.80 Å². The number of likely N-dealkylation sites (N-methyl/N-ethyl adjacent to an activating group) is 2. The fraction of sp³-hybridized carbons (Fsp3) is 0.833. The van der Waals surface area contributed by atoms with Crippen LogP contribution < -0.4 is 0 Å². The van der Waals surface area contributed by atoms with E-state index in [4.69, 9.17) is 4.74 Å². The van der Waals surface area contributed by atoms with E-state index >= 15 is 0 Å². The maximum Gasteiger partial charge on any atom is 0.323 e. The van der Waals surface area contributed by atoms with Gasteiger partial charge in [-0.15, -0.1) is 0 Å². The summed E-state index contributed by atoms with van der Waals surface area (Å²) in [4.78, 5) is 26.8. The number of rotatable bonds is 7. The zero-order valence-electron chi connectivity index (χ0n) is 11.5. The second kappa shape index (κ2) is 8.06. The van der Waals surface area contributed by atoms with Crippen LogP contribution >= 0.6 is 0 Å². The van der Waals surface area contributed by atoms with Gasteiger partial charge in [0.25, 0.3) is 0 Å². The van der Waals surface area contributed by atoms with Gasteiger partial charge in [-0.1, -0.05) is 13.8 Å². The van der Waals surface area contributed by atoms with Crippen molar-refractivity contribution in [2.45, 2.75) is 33.2 Å². The van der Waals surface area contributed by atoms with Gasteiger partial charge in [0.2, 0.25) is 5.91 Å². The average molecular weight is 244 g/mol. The van der Waals surface area contributed by atoms with Gasteiger partial charge in [0.1, 0.15) is 6.04 Å². The van der Waals surface area contributed by atoms with Gasteiger partial charge < -0.3 is 9.64 Å². The van der Waals surface area contributed by atoms with Crippen molar-refractivity contribution in [2.24, 2.45) is 0 Å². The molecule has 0 saturated heterocycles. The maximum atomic E-state index is 11.7. The molecule has 0 aliphatic heterocycles. The molecular weight excluding hydrogens is 220 g/mol. The molecular formula is C12H24N2O3. The standard InChI is InChI=1S/C12H24N2O3/c1-6-10(12(16)17-8-3)14(7-2)9-11(15)13(4)5/h10H,6-9H2,1-5H3. The molecule has 0 aromatic rings. The van der Waals surface area contributed by atoms with E-state index in [-0.39, 0.29) is 24.5 Å². The predicted molar refractivity (Wildman–Crippen MR) is 66.7 cm³/mol. The largest absolute Gasteiger partial charge is 0.465 e. The minimum atomic E-state index is -0.330. The molecule has 1 amide bonds. The zero-order valence-corrected chi connectivity index (χ0v) is 11.5. The van der Waals surface area contributed by atoms with Crippen LogP contribution in [0.25, 0.3) is 0 Å². The van der Waals surface area contributed by atoms with Crippen molar-refractivity contribution >= 4 is 11.9 Å². The van der Waals surface area contributed by atoms with E-state index < -0.39 is 0 Å². The summed E-state index contributed by atoms with van der Waals surface area (Å²) >= 11 is 0. The van der Waals surface area contributed by atoms with Crippen LogP contribution in [0.15, 0.2) is 0 Å². The number of hydrogen-bond acceptors (Lipinski definition) is 4. The Morgan fingerprint density at radius 1 is 1.18 bits per heavy atom. The third kappa shape index (κ3) is 5.17. The summed E-state index contributed by atoms with van der Waals surface area (Å²) in [7, 11) is 3.42. The summed E-state index contributed by atoms with van der Waals surface area (Å²) in [5.74, 6) is -0.252. The lowest BCUT2D eigenvalue weighted by molar-refractivity contribution is -0.150. The lowest BCUT2D eigenvalue weighted by Crippen LogP contribution is -2.46. The van der Waals surface area contributed by atoms with E-state index in [9.17, 15) is 9.59 Å². The molecule has 1 atom stereocenters. The molecule has 0 saturated carbocycles. The molecule has 0 bridgehead atoms.